The second-order valence-corrected chi connectivity index (χ2v) is 6.55. The molecule has 0 bridgehead atoms. The number of halogens is 3. The predicted octanol–water partition coefficient (Wildman–Crippen LogP) is 3.52. The topological polar surface area (TPSA) is 73.9 Å². The van der Waals surface area contributed by atoms with Crippen LogP contribution in [-0.2, 0) is 31.7 Å². The molecule has 0 spiro atoms. The zero-order chi connectivity index (χ0) is 20.6. The highest BCUT2D eigenvalue weighted by Gasteiger charge is 2.31. The SMILES string of the molecule is COCCOc1ccc(C(F)(F)F)cc1NC(=O)COC(=O)Cc1cccs1. The summed E-state index contributed by atoms with van der Waals surface area (Å²) in [7, 11) is 1.45. The number of rotatable bonds is 9. The van der Waals surface area contributed by atoms with E-state index in [1.54, 1.807) is 17.5 Å². The molecule has 2 aromatic rings. The molecular formula is C18H18F3NO5S. The van der Waals surface area contributed by atoms with Gasteiger partial charge in [-0.25, -0.2) is 0 Å². The van der Waals surface area contributed by atoms with Crippen LogP contribution in [0.1, 0.15) is 10.4 Å². The molecule has 10 heteroatoms. The van der Waals surface area contributed by atoms with Crippen molar-refractivity contribution in [2.24, 2.45) is 0 Å². The van der Waals surface area contributed by atoms with E-state index >= 15 is 0 Å². The number of benzene rings is 1. The Bertz CT molecular complexity index is 793. The van der Waals surface area contributed by atoms with Crippen molar-refractivity contribution in [3.63, 3.8) is 0 Å². The van der Waals surface area contributed by atoms with Gasteiger partial charge in [-0.3, -0.25) is 9.59 Å². The number of carbonyl (C=O) groups excluding carboxylic acids is 2. The van der Waals surface area contributed by atoms with Gasteiger partial charge in [-0.15, -0.1) is 11.3 Å². The lowest BCUT2D eigenvalue weighted by Crippen LogP contribution is -2.22. The maximum Gasteiger partial charge on any atom is 0.416 e. The Labute approximate surface area is 163 Å². The molecule has 0 radical (unpaired) electrons. The molecule has 1 heterocycles. The lowest BCUT2D eigenvalue weighted by atomic mass is 10.1. The molecule has 0 aliphatic heterocycles. The van der Waals surface area contributed by atoms with Crippen LogP contribution < -0.4 is 10.1 Å². The van der Waals surface area contributed by atoms with E-state index in [1.807, 2.05) is 0 Å². The molecule has 152 valence electrons. The Morgan fingerprint density at radius 2 is 1.96 bits per heavy atom. The van der Waals surface area contributed by atoms with Crippen molar-refractivity contribution in [3.8, 4) is 5.75 Å². The molecule has 2 rings (SSSR count). The lowest BCUT2D eigenvalue weighted by molar-refractivity contribution is -0.146. The number of thiophene rings is 1. The molecule has 0 saturated heterocycles. The summed E-state index contributed by atoms with van der Waals surface area (Å²) in [6.45, 7) is -0.326. The largest absolute Gasteiger partial charge is 0.489 e. The van der Waals surface area contributed by atoms with Crippen LogP contribution in [0.5, 0.6) is 5.75 Å². The van der Waals surface area contributed by atoms with Crippen molar-refractivity contribution in [2.45, 2.75) is 12.6 Å². The molecule has 0 aliphatic rings. The smallest absolute Gasteiger partial charge is 0.416 e. The fourth-order valence-electron chi connectivity index (χ4n) is 2.10. The number of methoxy groups -OCH3 is 1. The normalized spacial score (nSPS) is 11.1. The minimum Gasteiger partial charge on any atom is -0.489 e. The molecule has 1 N–H and O–H groups in total. The highest BCUT2D eigenvalue weighted by Crippen LogP contribution is 2.35. The number of esters is 1. The van der Waals surface area contributed by atoms with Crippen molar-refractivity contribution in [1.29, 1.82) is 0 Å². The monoisotopic (exact) mass is 417 g/mol. The summed E-state index contributed by atoms with van der Waals surface area (Å²) in [5.41, 5.74) is -1.12. The Morgan fingerprint density at radius 1 is 1.18 bits per heavy atom. The van der Waals surface area contributed by atoms with E-state index in [4.69, 9.17) is 14.2 Å². The molecule has 1 aromatic heterocycles. The fourth-order valence-corrected chi connectivity index (χ4v) is 2.79. The van der Waals surface area contributed by atoms with Crippen molar-refractivity contribution >= 4 is 28.9 Å². The van der Waals surface area contributed by atoms with Crippen LogP contribution in [0.4, 0.5) is 18.9 Å². The number of carbonyl (C=O) groups is 2. The third-order valence-corrected chi connectivity index (χ3v) is 4.27. The molecule has 0 saturated carbocycles. The summed E-state index contributed by atoms with van der Waals surface area (Å²) < 4.78 is 53.8. The first kappa shape index (κ1) is 21.7. The van der Waals surface area contributed by atoms with Crippen LogP contribution in [0.25, 0.3) is 0 Å². The van der Waals surface area contributed by atoms with Crippen LogP contribution in [0, 0.1) is 0 Å². The van der Waals surface area contributed by atoms with E-state index < -0.39 is 30.2 Å². The first-order valence-corrected chi connectivity index (χ1v) is 8.98. The molecule has 1 aromatic carbocycles. The second kappa shape index (κ2) is 10.1. The number of hydrogen-bond acceptors (Lipinski definition) is 6. The highest BCUT2D eigenvalue weighted by molar-refractivity contribution is 7.10. The molecular weight excluding hydrogens is 399 g/mol. The molecule has 0 fully saturated rings. The standard InChI is InChI=1S/C18H18F3NO5S/c1-25-6-7-26-15-5-4-12(18(19,20)21)9-14(15)22-16(23)11-27-17(24)10-13-3-2-8-28-13/h2-5,8-9H,6-7,10-11H2,1H3,(H,22,23). The van der Waals surface area contributed by atoms with Crippen LogP contribution >= 0.6 is 11.3 Å². The van der Waals surface area contributed by atoms with Crippen molar-refractivity contribution in [2.75, 3.05) is 32.2 Å². The Balaban J connectivity index is 2.00. The van der Waals surface area contributed by atoms with Crippen LogP contribution in [0.2, 0.25) is 0 Å². The predicted molar refractivity (Wildman–Crippen MR) is 96.4 cm³/mol. The maximum absolute atomic E-state index is 12.9. The van der Waals surface area contributed by atoms with Gasteiger partial charge in [0.1, 0.15) is 12.4 Å². The Kier molecular flexibility index (Phi) is 7.82. The van der Waals surface area contributed by atoms with E-state index in [-0.39, 0.29) is 31.1 Å². The quantitative estimate of drug-likeness (QED) is 0.499. The van der Waals surface area contributed by atoms with Gasteiger partial charge in [-0.05, 0) is 29.6 Å². The summed E-state index contributed by atoms with van der Waals surface area (Å²) in [5.74, 6) is -1.35. The van der Waals surface area contributed by atoms with Gasteiger partial charge in [-0.1, -0.05) is 6.07 Å². The van der Waals surface area contributed by atoms with Gasteiger partial charge in [0, 0.05) is 12.0 Å². The van der Waals surface area contributed by atoms with E-state index in [2.05, 4.69) is 5.32 Å². The molecule has 0 atom stereocenters. The minimum absolute atomic E-state index is 0.0138. The zero-order valence-corrected chi connectivity index (χ0v) is 15.7. The summed E-state index contributed by atoms with van der Waals surface area (Å²) in [5, 5.41) is 4.08. The van der Waals surface area contributed by atoms with E-state index in [1.165, 1.54) is 18.4 Å². The molecule has 0 aliphatic carbocycles. The minimum atomic E-state index is -4.59. The lowest BCUT2D eigenvalue weighted by Gasteiger charge is -2.15. The van der Waals surface area contributed by atoms with Gasteiger partial charge in [0.2, 0.25) is 0 Å². The van der Waals surface area contributed by atoms with E-state index in [9.17, 15) is 22.8 Å². The first-order valence-electron chi connectivity index (χ1n) is 8.10. The van der Waals surface area contributed by atoms with Crippen molar-refractivity contribution < 1.29 is 37.0 Å². The third-order valence-electron chi connectivity index (χ3n) is 3.39. The van der Waals surface area contributed by atoms with E-state index in [0.717, 1.165) is 23.1 Å². The Morgan fingerprint density at radius 3 is 2.61 bits per heavy atom. The first-order chi connectivity index (χ1) is 13.3. The number of amides is 1. The number of hydrogen-bond donors (Lipinski definition) is 1. The summed E-state index contributed by atoms with van der Waals surface area (Å²) >= 11 is 1.37. The van der Waals surface area contributed by atoms with Gasteiger partial charge in [0.15, 0.2) is 6.61 Å². The zero-order valence-electron chi connectivity index (χ0n) is 14.9. The molecule has 6 nitrogen and oxygen atoms in total. The van der Waals surface area contributed by atoms with Crippen LogP contribution in [0.15, 0.2) is 35.7 Å². The van der Waals surface area contributed by atoms with Crippen LogP contribution in [-0.4, -0.2) is 38.8 Å². The number of anilines is 1. The van der Waals surface area contributed by atoms with Gasteiger partial charge >= 0.3 is 12.1 Å². The van der Waals surface area contributed by atoms with Crippen molar-refractivity contribution in [1.82, 2.24) is 0 Å². The van der Waals surface area contributed by atoms with E-state index in [0.29, 0.717) is 0 Å². The average molecular weight is 417 g/mol. The Hall–Kier alpha value is -2.59. The highest BCUT2D eigenvalue weighted by atomic mass is 32.1. The molecule has 28 heavy (non-hydrogen) atoms. The number of nitrogens with one attached hydrogen (secondary N) is 1. The summed E-state index contributed by atoms with van der Waals surface area (Å²) in [4.78, 5) is 24.5. The van der Waals surface area contributed by atoms with Gasteiger partial charge in [-0.2, -0.15) is 13.2 Å². The maximum atomic E-state index is 12.9. The van der Waals surface area contributed by atoms with Crippen LogP contribution in [0.3, 0.4) is 0 Å². The summed E-state index contributed by atoms with van der Waals surface area (Å²) in [6, 6.07) is 6.24. The summed E-state index contributed by atoms with van der Waals surface area (Å²) in [6.07, 6.45) is -4.57. The third kappa shape index (κ3) is 6.86. The van der Waals surface area contributed by atoms with Crippen molar-refractivity contribution in [3.05, 3.63) is 46.2 Å². The van der Waals surface area contributed by atoms with Gasteiger partial charge < -0.3 is 19.5 Å². The molecule has 1 amide bonds. The van der Waals surface area contributed by atoms with Gasteiger partial charge in [0.25, 0.3) is 5.91 Å². The fraction of sp³-hybridized carbons (Fsp3) is 0.333. The second-order valence-electron chi connectivity index (χ2n) is 5.51. The van der Waals surface area contributed by atoms with Gasteiger partial charge in [0.05, 0.1) is 24.3 Å². The molecule has 0 unspecified atom stereocenters. The average Bonchev–Trinajstić information content (AvgIpc) is 3.13. The number of alkyl halides is 3. The number of ether oxygens (including phenoxy) is 3.